The molecule has 14 heteroatoms. The Hall–Kier alpha value is -10.4. The Morgan fingerprint density at radius 2 is 0.577 bits per heavy atom. The molecule has 0 aliphatic rings. The fourth-order valence-electron chi connectivity index (χ4n) is 15.2. The molecule has 3 aromatic heterocycles. The SMILES string of the molecule is CC(C)(C)c1ccc(-c2cc(-c3ccc(Br)cc3)nc3ccc(-c4ccc5nc(-c6ccc(Br)cc6)cc(-c6ccc(C(C)(C)C)cc6)c5c4)cc23)cc1.COc1c(-n2nc3c(Br)ccc(Br)c3n2)cc(C(C)(C)C)cc1C(C)(C)C.Cc1ccc(N(c2ccc(Br)cc2)c2ccc(-c3ccc(N(c4ccc(C)cc4)c4ccc(Br)cc4)cc3)cc2)cc1. The van der Waals surface area contributed by atoms with Crippen molar-refractivity contribution in [1.29, 1.82) is 0 Å². The van der Waals surface area contributed by atoms with Gasteiger partial charge in [-0.05, 0) is 304 Å². The summed E-state index contributed by atoms with van der Waals surface area (Å²) in [5, 5.41) is 11.7. The van der Waals surface area contributed by atoms with Crippen LogP contribution in [0.1, 0.15) is 116 Å². The van der Waals surface area contributed by atoms with Crippen LogP contribution in [0.15, 0.2) is 342 Å². The van der Waals surface area contributed by atoms with E-state index < -0.39 is 0 Å². The summed E-state index contributed by atoms with van der Waals surface area (Å²) in [5.74, 6) is 0.808. The topological polar surface area (TPSA) is 72.2 Å². The zero-order valence-electron chi connectivity index (χ0n) is 71.8. The summed E-state index contributed by atoms with van der Waals surface area (Å²) in [7, 11) is 1.71. The molecule has 0 spiro atoms. The molecular weight excluding hydrogens is 1900 g/mol. The number of anilines is 6. The van der Waals surface area contributed by atoms with Crippen LogP contribution in [0.3, 0.4) is 0 Å². The van der Waals surface area contributed by atoms with Crippen LogP contribution in [0.2, 0.25) is 0 Å². The zero-order valence-corrected chi connectivity index (χ0v) is 81.3. The molecule has 0 saturated heterocycles. The minimum Gasteiger partial charge on any atom is -0.494 e. The Bertz CT molecular complexity index is 6190. The Kier molecular flexibility index (Phi) is 25.9. The van der Waals surface area contributed by atoms with Crippen molar-refractivity contribution in [1.82, 2.24) is 25.0 Å². The maximum atomic E-state index is 5.86. The van der Waals surface area contributed by atoms with E-state index in [-0.39, 0.29) is 21.7 Å². The molecule has 0 atom stereocenters. The monoisotopic (exact) mass is 1990 g/mol. The number of fused-ring (bicyclic) bond motifs is 3. The van der Waals surface area contributed by atoms with Crippen molar-refractivity contribution in [3.05, 3.63) is 376 Å². The molecule has 3 heterocycles. The molecule has 0 saturated carbocycles. The summed E-state index contributed by atoms with van der Waals surface area (Å²) in [6, 6.07) is 113. The molecule has 17 aromatic rings. The van der Waals surface area contributed by atoms with Gasteiger partial charge >= 0.3 is 0 Å². The molecule has 0 aliphatic carbocycles. The molecule has 0 bridgehead atoms. The van der Waals surface area contributed by atoms with Crippen LogP contribution in [-0.4, -0.2) is 32.1 Å². The van der Waals surface area contributed by atoms with Crippen molar-refractivity contribution in [2.45, 2.75) is 119 Å². The number of halogens is 6. The normalized spacial score (nSPS) is 11.8. The minimum absolute atomic E-state index is 0.00519. The average molecular weight is 2000 g/mol. The number of pyridine rings is 2. The minimum atomic E-state index is -0.0743. The second-order valence-electron chi connectivity index (χ2n) is 35.4. The molecular formula is C109H97Br6N7O. The van der Waals surface area contributed by atoms with Gasteiger partial charge in [0.05, 0.1) is 29.5 Å². The van der Waals surface area contributed by atoms with Gasteiger partial charge in [-0.15, -0.1) is 15.0 Å². The summed E-state index contributed by atoms with van der Waals surface area (Å²) in [5.41, 5.74) is 32.1. The fourth-order valence-corrected chi connectivity index (χ4v) is 17.1. The van der Waals surface area contributed by atoms with Crippen LogP contribution >= 0.6 is 95.6 Å². The molecule has 0 aliphatic heterocycles. The van der Waals surface area contributed by atoms with E-state index in [4.69, 9.17) is 24.9 Å². The van der Waals surface area contributed by atoms with Crippen LogP contribution in [0.25, 0.3) is 106 Å². The molecule has 14 aromatic carbocycles. The number of ether oxygens (including phenoxy) is 1. The molecule has 0 amide bonds. The Morgan fingerprint density at radius 3 is 0.894 bits per heavy atom. The first kappa shape index (κ1) is 87.5. The second kappa shape index (κ2) is 36.4. The van der Waals surface area contributed by atoms with E-state index in [1.165, 1.54) is 61.2 Å². The smallest absolute Gasteiger partial charge is 0.150 e. The standard InChI is InChI=1S/C50H42Br2N2.C38H30Br2N2.C21H25Br2N3O/c1-49(2,3)37-17-7-31(8-18-37)41-29-47(33-11-21-39(51)22-12-33)53-45-25-15-35(27-43(41)45)36-16-26-46-44(28-36)42(32-9-19-38(20-10-32)50(4,5)6)30-48(54-46)34-13-23-40(52)24-14-34;1-27-3-15-33(16-4-27)41(37-23-11-31(39)12-24-37)35-19-7-29(8-20-35)30-9-21-36(22-10-30)42(34-17-5-28(2)6-18-34)38-25-13-32(40)14-26-38;1-20(2,3)12-10-13(21(4,5)6)19(27-7)16(11-12)26-24-17-14(22)8-9-15(23)18(17)25-26/h7-30H,1-6H3;3-26H,1-2H3;8-11H,1-7H3. The van der Waals surface area contributed by atoms with Gasteiger partial charge in [-0.3, -0.25) is 0 Å². The lowest BCUT2D eigenvalue weighted by molar-refractivity contribution is 0.392. The summed E-state index contributed by atoms with van der Waals surface area (Å²) >= 11 is 21.5. The highest BCUT2D eigenvalue weighted by Crippen LogP contribution is 2.45. The number of hydrogen-bond acceptors (Lipinski definition) is 7. The highest BCUT2D eigenvalue weighted by molar-refractivity contribution is 9.11. The van der Waals surface area contributed by atoms with E-state index in [1.807, 2.05) is 12.1 Å². The Labute approximate surface area is 774 Å². The van der Waals surface area contributed by atoms with Crippen LogP contribution in [0.5, 0.6) is 5.75 Å². The summed E-state index contributed by atoms with van der Waals surface area (Å²) in [4.78, 5) is 16.7. The molecule has 8 nitrogen and oxygen atoms in total. The van der Waals surface area contributed by atoms with E-state index in [0.717, 1.165) is 144 Å². The lowest BCUT2D eigenvalue weighted by Gasteiger charge is -2.28. The number of rotatable bonds is 14. The van der Waals surface area contributed by atoms with Crippen LogP contribution in [-0.2, 0) is 21.7 Å². The molecule has 616 valence electrons. The first-order chi connectivity index (χ1) is 58.7. The van der Waals surface area contributed by atoms with Crippen molar-refractivity contribution in [3.63, 3.8) is 0 Å². The van der Waals surface area contributed by atoms with Crippen molar-refractivity contribution < 1.29 is 4.74 Å². The number of aromatic nitrogens is 5. The van der Waals surface area contributed by atoms with Crippen molar-refractivity contribution >= 4 is 163 Å². The van der Waals surface area contributed by atoms with Crippen LogP contribution in [0, 0.1) is 13.8 Å². The van der Waals surface area contributed by atoms with E-state index in [1.54, 1.807) is 11.9 Å². The summed E-state index contributed by atoms with van der Waals surface area (Å²) in [6.07, 6.45) is 0. The first-order valence-corrected chi connectivity index (χ1v) is 46.0. The number of hydrogen-bond donors (Lipinski definition) is 0. The van der Waals surface area contributed by atoms with Crippen LogP contribution < -0.4 is 14.5 Å². The van der Waals surface area contributed by atoms with Crippen molar-refractivity contribution in [3.8, 4) is 78.5 Å². The molecule has 0 radical (unpaired) electrons. The van der Waals surface area contributed by atoms with Gasteiger partial charge in [0.15, 0.2) is 0 Å². The van der Waals surface area contributed by atoms with Gasteiger partial charge in [0.25, 0.3) is 0 Å². The zero-order chi connectivity index (χ0) is 87.0. The molecule has 123 heavy (non-hydrogen) atoms. The van der Waals surface area contributed by atoms with Gasteiger partial charge in [-0.1, -0.05) is 297 Å². The van der Waals surface area contributed by atoms with Gasteiger partial charge in [-0.2, -0.15) is 0 Å². The number of nitrogens with zero attached hydrogens (tertiary/aromatic N) is 7. The largest absolute Gasteiger partial charge is 0.494 e. The lowest BCUT2D eigenvalue weighted by Crippen LogP contribution is -2.19. The third-order valence-electron chi connectivity index (χ3n) is 22.3. The average Bonchev–Trinajstić information content (AvgIpc) is 1.72. The summed E-state index contributed by atoms with van der Waals surface area (Å²) in [6.45, 7) is 31.0. The summed E-state index contributed by atoms with van der Waals surface area (Å²) < 4.78 is 11.9. The third-order valence-corrected chi connectivity index (χ3v) is 25.7. The number of methoxy groups -OCH3 is 1. The van der Waals surface area contributed by atoms with Gasteiger partial charge in [0.1, 0.15) is 22.5 Å². The highest BCUT2D eigenvalue weighted by Gasteiger charge is 2.29. The molecule has 0 fully saturated rings. The molecule has 0 unspecified atom stereocenters. The van der Waals surface area contributed by atoms with Gasteiger partial charge in [0, 0.05) is 88.4 Å². The fraction of sp³-hybridized carbons (Fsp3) is 0.174. The highest BCUT2D eigenvalue weighted by atomic mass is 79.9. The molecule has 0 N–H and O–H groups in total. The lowest BCUT2D eigenvalue weighted by atomic mass is 9.79. The Morgan fingerprint density at radius 1 is 0.285 bits per heavy atom. The number of benzene rings is 14. The Balaban J connectivity index is 0.000000151. The second-order valence-corrected chi connectivity index (χ2v) is 40.8. The molecule has 17 rings (SSSR count). The van der Waals surface area contributed by atoms with E-state index in [0.29, 0.717) is 0 Å². The quantitative estimate of drug-likeness (QED) is 0.107. The maximum Gasteiger partial charge on any atom is 0.150 e. The van der Waals surface area contributed by atoms with Crippen molar-refractivity contribution in [2.24, 2.45) is 0 Å². The predicted molar refractivity (Wildman–Crippen MR) is 541 cm³/mol. The van der Waals surface area contributed by atoms with E-state index in [2.05, 4.69) is 506 Å². The maximum absolute atomic E-state index is 5.86. The predicted octanol–water partition coefficient (Wildman–Crippen LogP) is 34.2. The van der Waals surface area contributed by atoms with E-state index in [9.17, 15) is 0 Å². The van der Waals surface area contributed by atoms with Crippen molar-refractivity contribution in [2.75, 3.05) is 16.9 Å². The van der Waals surface area contributed by atoms with Gasteiger partial charge in [0.2, 0.25) is 0 Å². The van der Waals surface area contributed by atoms with Gasteiger partial charge in [-0.25, -0.2) is 9.97 Å². The first-order valence-electron chi connectivity index (χ1n) is 41.2. The number of aryl methyl sites for hydroxylation is 2. The third kappa shape index (κ3) is 20.0. The van der Waals surface area contributed by atoms with Gasteiger partial charge < -0.3 is 14.5 Å². The van der Waals surface area contributed by atoms with Crippen LogP contribution in [0.4, 0.5) is 34.1 Å². The van der Waals surface area contributed by atoms with E-state index >= 15 is 0 Å².